The number of nitrogens with zero attached hydrogens (tertiary/aromatic N) is 1. The van der Waals surface area contributed by atoms with E-state index in [2.05, 4.69) is 42.4 Å². The number of carboxylic acids is 1. The molecule has 0 amide bonds. The first-order valence-electron chi connectivity index (χ1n) is 5.80. The van der Waals surface area contributed by atoms with Crippen molar-refractivity contribution in [3.05, 3.63) is 59.4 Å². The van der Waals surface area contributed by atoms with Crippen LogP contribution in [0.3, 0.4) is 0 Å². The smallest absolute Gasteiger partial charge is 0.337 e. The number of pyridine rings is 1. The molecule has 1 aromatic heterocycles. The average Bonchev–Trinajstić information content (AvgIpc) is 2.40. The third-order valence-corrected chi connectivity index (χ3v) is 3.24. The maximum absolute atomic E-state index is 10.4. The van der Waals surface area contributed by atoms with Crippen LogP contribution >= 0.6 is 11.8 Å². The minimum absolute atomic E-state index is 0.266. The number of hydrogen-bond acceptors (Lipinski definition) is 3. The first-order valence-corrected chi connectivity index (χ1v) is 7.02. The number of hydrogen-bond donors (Lipinski definition) is 1. The molecular weight excluding hydrogens is 258 g/mol. The van der Waals surface area contributed by atoms with Crippen molar-refractivity contribution in [2.45, 2.75) is 18.7 Å². The van der Waals surface area contributed by atoms with Crippen molar-refractivity contribution in [1.82, 2.24) is 4.98 Å². The van der Waals surface area contributed by atoms with Gasteiger partial charge in [0.05, 0.1) is 11.3 Å². The van der Waals surface area contributed by atoms with Gasteiger partial charge in [0.25, 0.3) is 0 Å². The summed E-state index contributed by atoms with van der Waals surface area (Å²) in [6.07, 6.45) is 3.66. The van der Waals surface area contributed by atoms with Crippen molar-refractivity contribution >= 4 is 17.7 Å². The Bertz CT molecular complexity index is 538. The monoisotopic (exact) mass is 275 g/mol. The van der Waals surface area contributed by atoms with Crippen LogP contribution in [0, 0.1) is 13.8 Å². The molecule has 0 spiro atoms. The predicted molar refractivity (Wildman–Crippen MR) is 78.9 cm³/mol. The first-order chi connectivity index (χ1) is 9.04. The number of aromatic nitrogens is 1. The van der Waals surface area contributed by atoms with Gasteiger partial charge in [-0.3, -0.25) is 4.98 Å². The maximum atomic E-state index is 10.4. The molecule has 0 fully saturated rings. The van der Waals surface area contributed by atoms with Crippen LogP contribution in [-0.2, 0) is 0 Å². The lowest BCUT2D eigenvalue weighted by atomic mass is 10.2. The second kappa shape index (κ2) is 7.59. The number of rotatable bonds is 2. The number of benzene rings is 1. The highest BCUT2D eigenvalue weighted by Crippen LogP contribution is 2.13. The molecule has 3 nitrogen and oxygen atoms in total. The molecule has 0 saturated heterocycles. The Hall–Kier alpha value is -1.81. The molecule has 0 atom stereocenters. The lowest BCUT2D eigenvalue weighted by molar-refractivity contribution is 0.0695. The van der Waals surface area contributed by atoms with Crippen LogP contribution in [0.15, 0.2) is 47.5 Å². The van der Waals surface area contributed by atoms with E-state index < -0.39 is 5.97 Å². The zero-order valence-electron chi connectivity index (χ0n) is 11.3. The molecule has 0 unspecified atom stereocenters. The van der Waals surface area contributed by atoms with Gasteiger partial charge < -0.3 is 5.11 Å². The van der Waals surface area contributed by atoms with Gasteiger partial charge in [0.15, 0.2) is 0 Å². The Kier molecular flexibility index (Phi) is 6.09. The second-order valence-corrected chi connectivity index (χ2v) is 4.84. The molecule has 0 radical (unpaired) electrons. The van der Waals surface area contributed by atoms with Crippen LogP contribution in [0.25, 0.3) is 0 Å². The highest BCUT2D eigenvalue weighted by molar-refractivity contribution is 7.98. The average molecular weight is 275 g/mol. The van der Waals surface area contributed by atoms with Crippen molar-refractivity contribution in [3.63, 3.8) is 0 Å². The van der Waals surface area contributed by atoms with Crippen molar-refractivity contribution in [3.8, 4) is 0 Å². The Morgan fingerprint density at radius 3 is 2.21 bits per heavy atom. The fourth-order valence-corrected chi connectivity index (χ4v) is 1.79. The Morgan fingerprint density at radius 1 is 1.16 bits per heavy atom. The second-order valence-electron chi connectivity index (χ2n) is 3.96. The summed E-state index contributed by atoms with van der Waals surface area (Å²) in [6, 6.07) is 11.7. The number of aryl methyl sites for hydroxylation is 2. The number of aromatic carboxylic acids is 1. The molecule has 0 aliphatic carbocycles. The summed E-state index contributed by atoms with van der Waals surface area (Å²) < 4.78 is 0. The quantitative estimate of drug-likeness (QED) is 0.847. The van der Waals surface area contributed by atoms with E-state index in [0.717, 1.165) is 0 Å². The van der Waals surface area contributed by atoms with E-state index in [1.807, 2.05) is 0 Å². The zero-order chi connectivity index (χ0) is 14.3. The van der Waals surface area contributed by atoms with Gasteiger partial charge in [-0.25, -0.2) is 4.79 Å². The standard InChI is InChI=1S/C8H10S.C7H7NO2/c1-7-3-5-8(9-2)6-4-7;1-5-6(7(9)10)3-2-4-8-5/h3-6H,1-2H3;2-4H,1H3,(H,9,10). The molecule has 1 N–H and O–H groups in total. The van der Waals surface area contributed by atoms with Crippen molar-refractivity contribution in [1.29, 1.82) is 0 Å². The van der Waals surface area contributed by atoms with Crippen molar-refractivity contribution in [2.24, 2.45) is 0 Å². The van der Waals surface area contributed by atoms with E-state index in [4.69, 9.17) is 5.11 Å². The number of carboxylic acid groups (broad SMARTS) is 1. The molecule has 0 bridgehead atoms. The maximum Gasteiger partial charge on any atom is 0.337 e. The molecule has 4 heteroatoms. The minimum atomic E-state index is -0.925. The first kappa shape index (κ1) is 15.2. The summed E-state index contributed by atoms with van der Waals surface area (Å²) in [6.45, 7) is 3.77. The van der Waals surface area contributed by atoms with Crippen LogP contribution < -0.4 is 0 Å². The Morgan fingerprint density at radius 2 is 1.79 bits per heavy atom. The Balaban J connectivity index is 0.000000191. The van der Waals surface area contributed by atoms with E-state index in [-0.39, 0.29) is 5.56 Å². The number of carbonyl (C=O) groups is 1. The third kappa shape index (κ3) is 5.14. The summed E-state index contributed by atoms with van der Waals surface area (Å²) in [4.78, 5) is 15.5. The summed E-state index contributed by atoms with van der Waals surface area (Å²) in [5.74, 6) is -0.925. The van der Waals surface area contributed by atoms with E-state index in [0.29, 0.717) is 5.69 Å². The van der Waals surface area contributed by atoms with Gasteiger partial charge in [-0.2, -0.15) is 0 Å². The molecule has 19 heavy (non-hydrogen) atoms. The van der Waals surface area contributed by atoms with Gasteiger partial charge in [-0.15, -0.1) is 11.8 Å². The molecular formula is C15H17NO2S. The van der Waals surface area contributed by atoms with Gasteiger partial charge in [0.2, 0.25) is 0 Å². The van der Waals surface area contributed by atoms with Crippen LogP contribution in [0.4, 0.5) is 0 Å². The van der Waals surface area contributed by atoms with Gasteiger partial charge in [0, 0.05) is 11.1 Å². The molecule has 1 aromatic carbocycles. The van der Waals surface area contributed by atoms with Gasteiger partial charge in [0.1, 0.15) is 0 Å². The van der Waals surface area contributed by atoms with Crippen LogP contribution in [0.5, 0.6) is 0 Å². The fourth-order valence-electron chi connectivity index (χ4n) is 1.38. The molecule has 0 saturated carbocycles. The molecule has 2 rings (SSSR count). The molecule has 0 aliphatic heterocycles. The van der Waals surface area contributed by atoms with Crippen molar-refractivity contribution < 1.29 is 9.90 Å². The highest BCUT2D eigenvalue weighted by Gasteiger charge is 2.04. The normalized spacial score (nSPS) is 9.42. The van der Waals surface area contributed by atoms with Crippen LogP contribution in [0.1, 0.15) is 21.6 Å². The van der Waals surface area contributed by atoms with Crippen LogP contribution in [0.2, 0.25) is 0 Å². The van der Waals surface area contributed by atoms with Gasteiger partial charge in [-0.05, 0) is 44.4 Å². The number of thioether (sulfide) groups is 1. The Labute approximate surface area is 117 Å². The molecule has 1 heterocycles. The lowest BCUT2D eigenvalue weighted by Gasteiger charge is -1.95. The van der Waals surface area contributed by atoms with Gasteiger partial charge >= 0.3 is 5.97 Å². The minimum Gasteiger partial charge on any atom is -0.478 e. The van der Waals surface area contributed by atoms with Gasteiger partial charge in [-0.1, -0.05) is 17.7 Å². The summed E-state index contributed by atoms with van der Waals surface area (Å²) in [5.41, 5.74) is 2.14. The summed E-state index contributed by atoms with van der Waals surface area (Å²) >= 11 is 1.78. The van der Waals surface area contributed by atoms with Crippen molar-refractivity contribution in [2.75, 3.05) is 6.26 Å². The van der Waals surface area contributed by atoms with E-state index >= 15 is 0 Å². The fraction of sp³-hybridized carbons (Fsp3) is 0.200. The predicted octanol–water partition coefficient (Wildman–Crippen LogP) is 3.81. The van der Waals surface area contributed by atoms with E-state index in [9.17, 15) is 4.79 Å². The van der Waals surface area contributed by atoms with Crippen LogP contribution in [-0.4, -0.2) is 22.3 Å². The summed E-state index contributed by atoms with van der Waals surface area (Å²) in [5, 5.41) is 8.53. The third-order valence-electron chi connectivity index (χ3n) is 2.49. The van der Waals surface area contributed by atoms with E-state index in [1.54, 1.807) is 30.9 Å². The summed E-state index contributed by atoms with van der Waals surface area (Å²) in [7, 11) is 0. The molecule has 100 valence electrons. The van der Waals surface area contributed by atoms with E-state index in [1.165, 1.54) is 16.5 Å². The largest absolute Gasteiger partial charge is 0.478 e. The molecule has 2 aromatic rings. The molecule has 0 aliphatic rings. The topological polar surface area (TPSA) is 50.2 Å². The highest BCUT2D eigenvalue weighted by atomic mass is 32.2. The SMILES string of the molecule is CSc1ccc(C)cc1.Cc1ncccc1C(=O)O. The lowest BCUT2D eigenvalue weighted by Crippen LogP contribution is -2.00. The zero-order valence-corrected chi connectivity index (χ0v) is 12.1.